The number of ether oxygens (including phenoxy) is 1. The molecule has 0 aliphatic carbocycles. The maximum atomic E-state index is 10.5. The summed E-state index contributed by atoms with van der Waals surface area (Å²) in [5, 5.41) is 0. The van der Waals surface area contributed by atoms with E-state index in [4.69, 9.17) is 4.74 Å². The highest BCUT2D eigenvalue weighted by molar-refractivity contribution is 5.65. The summed E-state index contributed by atoms with van der Waals surface area (Å²) in [6, 6.07) is 0. The fourth-order valence-electron chi connectivity index (χ4n) is 1.81. The van der Waals surface area contributed by atoms with Gasteiger partial charge in [-0.2, -0.15) is 0 Å². The molecule has 0 aliphatic rings. The zero-order chi connectivity index (χ0) is 14.8. The minimum Gasteiger partial charge on any atom is -0.466 e. The third kappa shape index (κ3) is 38.2. The Balaban J connectivity index is -0.000000264. The van der Waals surface area contributed by atoms with Crippen LogP contribution in [0.15, 0.2) is 12.7 Å². The minimum atomic E-state index is -0.157. The van der Waals surface area contributed by atoms with E-state index in [-0.39, 0.29) is 18.3 Å². The van der Waals surface area contributed by atoms with Gasteiger partial charge in [0.05, 0.1) is 6.61 Å². The van der Waals surface area contributed by atoms with Crippen molar-refractivity contribution in [1.29, 1.82) is 0 Å². The zero-order valence-electron chi connectivity index (χ0n) is 14.8. The van der Waals surface area contributed by atoms with E-state index < -0.39 is 0 Å². The molecule has 0 aromatic rings. The number of hydrogen-bond donors (Lipinski definition) is 2. The van der Waals surface area contributed by atoms with Crippen molar-refractivity contribution in [1.82, 2.24) is 12.3 Å². The molecule has 0 radical (unpaired) electrons. The highest BCUT2D eigenvalue weighted by atomic mass is 16.5. The second-order valence-corrected chi connectivity index (χ2v) is 4.93. The van der Waals surface area contributed by atoms with Crippen molar-refractivity contribution in [3.05, 3.63) is 12.7 Å². The molecule has 0 heterocycles. The van der Waals surface area contributed by atoms with Gasteiger partial charge in [-0.05, 0) is 13.3 Å². The van der Waals surface area contributed by atoms with Crippen molar-refractivity contribution in [2.75, 3.05) is 6.61 Å². The van der Waals surface area contributed by atoms with Gasteiger partial charge >= 0.3 is 5.97 Å². The number of rotatable bonds is 11. The first-order chi connectivity index (χ1) is 9.18. The van der Waals surface area contributed by atoms with Crippen LogP contribution in [-0.2, 0) is 9.53 Å². The van der Waals surface area contributed by atoms with Gasteiger partial charge in [-0.25, -0.2) is 0 Å². The fourth-order valence-corrected chi connectivity index (χ4v) is 1.81. The van der Waals surface area contributed by atoms with Crippen molar-refractivity contribution >= 4 is 5.97 Å². The summed E-state index contributed by atoms with van der Waals surface area (Å²) in [6.45, 7) is 9.57. The molecule has 21 heavy (non-hydrogen) atoms. The summed E-state index contributed by atoms with van der Waals surface area (Å²) in [4.78, 5) is 10.5. The first-order valence-corrected chi connectivity index (χ1v) is 7.89. The molecule has 4 heteroatoms. The Bertz CT molecular complexity index is 197. The molecule has 0 bridgehead atoms. The summed E-state index contributed by atoms with van der Waals surface area (Å²) >= 11 is 0. The summed E-state index contributed by atoms with van der Waals surface area (Å²) in [5.74, 6) is -0.157. The molecule has 4 nitrogen and oxygen atoms in total. The highest BCUT2D eigenvalue weighted by Crippen LogP contribution is 2.10. The predicted octanol–water partition coefficient (Wildman–Crippen LogP) is 5.99. The highest BCUT2D eigenvalue weighted by Gasteiger charge is 1.94. The Morgan fingerprint density at radius 2 is 1.24 bits per heavy atom. The van der Waals surface area contributed by atoms with Gasteiger partial charge in [-0.15, -0.1) is 6.58 Å². The second-order valence-electron chi connectivity index (χ2n) is 4.93. The first-order valence-electron chi connectivity index (χ1n) is 7.89. The quantitative estimate of drug-likeness (QED) is 0.278. The van der Waals surface area contributed by atoms with Crippen LogP contribution >= 0.6 is 0 Å². The van der Waals surface area contributed by atoms with E-state index in [0.717, 1.165) is 6.42 Å². The normalized spacial score (nSPS) is 8.52. The smallest absolute Gasteiger partial charge is 0.302 e. The van der Waals surface area contributed by atoms with Crippen LogP contribution in [0, 0.1) is 0 Å². The van der Waals surface area contributed by atoms with Crippen molar-refractivity contribution in [2.45, 2.75) is 85.0 Å². The maximum Gasteiger partial charge on any atom is 0.302 e. The SMILES string of the molecule is C=CC.CCCCCCCCCCCCOC(C)=O.N.N. The average Bonchev–Trinajstić information content (AvgIpc) is 2.36. The number of carbonyl (C=O) groups is 1. The number of allylic oxidation sites excluding steroid dienone is 1. The van der Waals surface area contributed by atoms with Crippen LogP contribution in [0.4, 0.5) is 0 Å². The van der Waals surface area contributed by atoms with Crippen LogP contribution in [0.25, 0.3) is 0 Å². The number of carbonyl (C=O) groups excluding carboxylic acids is 1. The lowest BCUT2D eigenvalue weighted by Gasteiger charge is -2.02. The first kappa shape index (κ1) is 28.3. The molecule has 0 amide bonds. The van der Waals surface area contributed by atoms with Crippen LogP contribution in [0.2, 0.25) is 0 Å². The van der Waals surface area contributed by atoms with E-state index in [1.165, 1.54) is 64.7 Å². The van der Waals surface area contributed by atoms with Crippen LogP contribution in [0.3, 0.4) is 0 Å². The van der Waals surface area contributed by atoms with E-state index in [0.29, 0.717) is 6.61 Å². The Labute approximate surface area is 132 Å². The molecule has 6 N–H and O–H groups in total. The van der Waals surface area contributed by atoms with Crippen molar-refractivity contribution < 1.29 is 9.53 Å². The zero-order valence-corrected chi connectivity index (χ0v) is 14.8. The second kappa shape index (κ2) is 27.5. The summed E-state index contributed by atoms with van der Waals surface area (Å²) in [6.07, 6.45) is 14.9. The van der Waals surface area contributed by atoms with Gasteiger partial charge < -0.3 is 17.0 Å². The lowest BCUT2D eigenvalue weighted by atomic mass is 10.1. The van der Waals surface area contributed by atoms with Gasteiger partial charge in [-0.1, -0.05) is 70.8 Å². The summed E-state index contributed by atoms with van der Waals surface area (Å²) < 4.78 is 4.87. The van der Waals surface area contributed by atoms with Crippen molar-refractivity contribution in [3.8, 4) is 0 Å². The summed E-state index contributed by atoms with van der Waals surface area (Å²) in [7, 11) is 0. The minimum absolute atomic E-state index is 0. The van der Waals surface area contributed by atoms with Gasteiger partial charge in [0, 0.05) is 6.92 Å². The monoisotopic (exact) mass is 304 g/mol. The molecule has 0 fully saturated rings. The third-order valence-electron chi connectivity index (χ3n) is 2.80. The number of unbranched alkanes of at least 4 members (excludes halogenated alkanes) is 9. The van der Waals surface area contributed by atoms with Crippen molar-refractivity contribution in [3.63, 3.8) is 0 Å². The van der Waals surface area contributed by atoms with Crippen LogP contribution in [0.5, 0.6) is 0 Å². The topological polar surface area (TPSA) is 96.3 Å². The molecule has 0 saturated carbocycles. The third-order valence-corrected chi connectivity index (χ3v) is 2.80. The molecular formula is C17H40N2O2. The maximum absolute atomic E-state index is 10.5. The van der Waals surface area contributed by atoms with Crippen molar-refractivity contribution in [2.24, 2.45) is 0 Å². The van der Waals surface area contributed by atoms with Crippen LogP contribution in [-0.4, -0.2) is 12.6 Å². The van der Waals surface area contributed by atoms with E-state index >= 15 is 0 Å². The summed E-state index contributed by atoms with van der Waals surface area (Å²) in [5.41, 5.74) is 0. The standard InChI is InChI=1S/C14H28O2.C3H6.2H3N/c1-3-4-5-6-7-8-9-10-11-12-13-16-14(2)15;1-3-2;;/h3-13H2,1-2H3;3H,1H2,2H3;2*1H3. The molecule has 0 spiro atoms. The molecule has 0 aromatic heterocycles. The molecule has 130 valence electrons. The largest absolute Gasteiger partial charge is 0.466 e. The molecule has 0 atom stereocenters. The predicted molar refractivity (Wildman–Crippen MR) is 94.4 cm³/mol. The Hall–Kier alpha value is -0.870. The number of esters is 1. The van der Waals surface area contributed by atoms with E-state index in [1.807, 2.05) is 6.92 Å². The molecule has 0 aromatic carbocycles. The van der Waals surface area contributed by atoms with Crippen LogP contribution < -0.4 is 12.3 Å². The lowest BCUT2D eigenvalue weighted by molar-refractivity contribution is -0.141. The van der Waals surface area contributed by atoms with Gasteiger partial charge in [0.25, 0.3) is 0 Å². The van der Waals surface area contributed by atoms with Crippen LogP contribution in [0.1, 0.15) is 85.0 Å². The lowest BCUT2D eigenvalue weighted by Crippen LogP contribution is -2.00. The fraction of sp³-hybridized carbons (Fsp3) is 0.824. The van der Waals surface area contributed by atoms with Gasteiger partial charge in [0.1, 0.15) is 0 Å². The molecule has 0 unspecified atom stereocenters. The Morgan fingerprint density at radius 1 is 0.905 bits per heavy atom. The molecular weight excluding hydrogens is 264 g/mol. The molecule has 0 saturated heterocycles. The number of hydrogen-bond acceptors (Lipinski definition) is 4. The molecule has 0 rings (SSSR count). The van der Waals surface area contributed by atoms with Gasteiger partial charge in [-0.3, -0.25) is 4.79 Å². The van der Waals surface area contributed by atoms with Gasteiger partial charge in [0.2, 0.25) is 0 Å². The average molecular weight is 305 g/mol. The Morgan fingerprint density at radius 3 is 1.57 bits per heavy atom. The van der Waals surface area contributed by atoms with Gasteiger partial charge in [0.15, 0.2) is 0 Å². The van der Waals surface area contributed by atoms with E-state index in [2.05, 4.69) is 13.5 Å². The van der Waals surface area contributed by atoms with E-state index in [9.17, 15) is 4.79 Å². The van der Waals surface area contributed by atoms with E-state index in [1.54, 1.807) is 6.08 Å². The molecule has 0 aliphatic heterocycles. The Kier molecular flexibility index (Phi) is 37.0.